The van der Waals surface area contributed by atoms with E-state index in [0.717, 1.165) is 34.8 Å². The molecular formula is C24H30N4O4. The van der Waals surface area contributed by atoms with Gasteiger partial charge in [-0.25, -0.2) is 9.80 Å². The summed E-state index contributed by atoms with van der Waals surface area (Å²) in [4.78, 5) is 26.8. The third-order valence-corrected chi connectivity index (χ3v) is 5.31. The summed E-state index contributed by atoms with van der Waals surface area (Å²) in [5.74, 6) is 1.21. The first kappa shape index (κ1) is 23.1. The second-order valence-corrected chi connectivity index (χ2v) is 7.60. The highest BCUT2D eigenvalue weighted by molar-refractivity contribution is 6.03. The Morgan fingerprint density at radius 1 is 1.12 bits per heavy atom. The Morgan fingerprint density at radius 2 is 1.84 bits per heavy atom. The number of nitrogens with one attached hydrogen (secondary N) is 1. The van der Waals surface area contributed by atoms with Crippen molar-refractivity contribution in [2.75, 3.05) is 34.4 Å². The summed E-state index contributed by atoms with van der Waals surface area (Å²) in [6.07, 6.45) is 1.38. The number of nitrogens with zero attached hydrogens (tertiary/aromatic N) is 3. The van der Waals surface area contributed by atoms with Gasteiger partial charge in [-0.2, -0.15) is 5.10 Å². The summed E-state index contributed by atoms with van der Waals surface area (Å²) in [6.45, 7) is 2.47. The van der Waals surface area contributed by atoms with E-state index in [9.17, 15) is 9.59 Å². The van der Waals surface area contributed by atoms with Crippen LogP contribution in [0.3, 0.4) is 0 Å². The Morgan fingerprint density at radius 3 is 2.50 bits per heavy atom. The van der Waals surface area contributed by atoms with Crippen LogP contribution >= 0.6 is 0 Å². The molecule has 1 atom stereocenters. The Bertz CT molecular complexity index is 974. The minimum atomic E-state index is -0.280. The first-order valence-corrected chi connectivity index (χ1v) is 10.6. The van der Waals surface area contributed by atoms with E-state index in [1.807, 2.05) is 55.5 Å². The lowest BCUT2D eigenvalue weighted by Gasteiger charge is -2.25. The molecule has 0 fully saturated rings. The zero-order valence-corrected chi connectivity index (χ0v) is 19.0. The van der Waals surface area contributed by atoms with Crippen molar-refractivity contribution in [1.29, 1.82) is 0 Å². The van der Waals surface area contributed by atoms with Gasteiger partial charge in [-0.05, 0) is 36.2 Å². The molecule has 8 nitrogen and oxygen atoms in total. The summed E-state index contributed by atoms with van der Waals surface area (Å²) in [5.41, 5.74) is 2.63. The summed E-state index contributed by atoms with van der Waals surface area (Å²) in [5, 5.41) is 8.93. The minimum absolute atomic E-state index is 0.0723. The predicted octanol–water partition coefficient (Wildman–Crippen LogP) is 3.43. The Balaban J connectivity index is 1.86. The van der Waals surface area contributed by atoms with Crippen LogP contribution in [0, 0.1) is 0 Å². The van der Waals surface area contributed by atoms with Gasteiger partial charge in [0.05, 0.1) is 26.0 Å². The quantitative estimate of drug-likeness (QED) is 0.684. The topological polar surface area (TPSA) is 83.5 Å². The van der Waals surface area contributed by atoms with Crippen LogP contribution < -0.4 is 14.8 Å². The maximum absolute atomic E-state index is 13.2. The lowest BCUT2D eigenvalue weighted by molar-refractivity contribution is -0.133. The van der Waals surface area contributed by atoms with Gasteiger partial charge in [-0.1, -0.05) is 31.2 Å². The molecule has 2 aromatic carbocycles. The van der Waals surface area contributed by atoms with E-state index >= 15 is 0 Å². The lowest BCUT2D eigenvalue weighted by atomic mass is 9.98. The molecule has 0 saturated heterocycles. The highest BCUT2D eigenvalue weighted by Crippen LogP contribution is 2.34. The van der Waals surface area contributed by atoms with Gasteiger partial charge in [-0.15, -0.1) is 0 Å². The molecular weight excluding hydrogens is 408 g/mol. The van der Waals surface area contributed by atoms with Gasteiger partial charge in [-0.3, -0.25) is 4.79 Å². The highest BCUT2D eigenvalue weighted by atomic mass is 16.5. The van der Waals surface area contributed by atoms with E-state index in [4.69, 9.17) is 9.47 Å². The highest BCUT2D eigenvalue weighted by Gasteiger charge is 2.34. The maximum atomic E-state index is 13.2. The zero-order chi connectivity index (χ0) is 23.1. The van der Waals surface area contributed by atoms with Gasteiger partial charge in [0, 0.05) is 25.6 Å². The molecule has 32 heavy (non-hydrogen) atoms. The number of amides is 3. The number of carbonyl (C=O) groups is 2. The number of hydrogen-bond acceptors (Lipinski definition) is 5. The predicted molar refractivity (Wildman–Crippen MR) is 123 cm³/mol. The largest absolute Gasteiger partial charge is 0.497 e. The summed E-state index contributed by atoms with van der Waals surface area (Å²) in [7, 11) is 4.84. The maximum Gasteiger partial charge on any atom is 0.317 e. The normalized spacial score (nSPS) is 15.2. The number of methoxy groups -OCH3 is 2. The summed E-state index contributed by atoms with van der Waals surface area (Å²) < 4.78 is 10.6. The van der Waals surface area contributed by atoms with Crippen LogP contribution in [0.4, 0.5) is 4.79 Å². The van der Waals surface area contributed by atoms with Crippen molar-refractivity contribution in [3.63, 3.8) is 0 Å². The lowest BCUT2D eigenvalue weighted by Crippen LogP contribution is -2.43. The van der Waals surface area contributed by atoms with Gasteiger partial charge in [0.2, 0.25) is 0 Å². The second kappa shape index (κ2) is 10.7. The third kappa shape index (κ3) is 5.38. The minimum Gasteiger partial charge on any atom is -0.497 e. The molecule has 2 aromatic rings. The van der Waals surface area contributed by atoms with Crippen LogP contribution in [0.15, 0.2) is 53.6 Å². The third-order valence-electron chi connectivity index (χ3n) is 5.31. The SMILES string of the molecule is CCCNC(=O)N(C)CC(=O)N1N=C(c2cccc(OC)c2)C[C@H]1c1ccc(OC)cc1. The van der Waals surface area contributed by atoms with Gasteiger partial charge in [0.15, 0.2) is 0 Å². The molecule has 1 heterocycles. The van der Waals surface area contributed by atoms with Gasteiger partial charge >= 0.3 is 6.03 Å². The van der Waals surface area contributed by atoms with Crippen LogP contribution in [0.2, 0.25) is 0 Å². The fourth-order valence-corrected chi connectivity index (χ4v) is 3.52. The number of rotatable bonds is 8. The van der Waals surface area contributed by atoms with E-state index in [-0.39, 0.29) is 24.5 Å². The standard InChI is InChI=1S/C24H30N4O4/c1-5-13-25-24(30)27(2)16-23(29)28-22(17-9-11-19(31-3)12-10-17)15-21(26-28)18-7-6-8-20(14-18)32-4/h6-12,14,22H,5,13,15-16H2,1-4H3,(H,25,30)/t22-/m0/s1. The van der Waals surface area contributed by atoms with Crippen molar-refractivity contribution in [3.05, 3.63) is 59.7 Å². The fourth-order valence-electron chi connectivity index (χ4n) is 3.52. The van der Waals surface area contributed by atoms with Crippen LogP contribution in [0.1, 0.15) is 36.9 Å². The Hall–Kier alpha value is -3.55. The summed E-state index contributed by atoms with van der Waals surface area (Å²) in [6, 6.07) is 14.7. The van der Waals surface area contributed by atoms with Gasteiger partial charge < -0.3 is 19.7 Å². The smallest absolute Gasteiger partial charge is 0.317 e. The van der Waals surface area contributed by atoms with Crippen molar-refractivity contribution in [2.45, 2.75) is 25.8 Å². The zero-order valence-electron chi connectivity index (χ0n) is 19.0. The van der Waals surface area contributed by atoms with Crippen molar-refractivity contribution in [3.8, 4) is 11.5 Å². The molecule has 1 aliphatic rings. The van der Waals surface area contributed by atoms with E-state index in [1.54, 1.807) is 21.3 Å². The average molecular weight is 439 g/mol. The molecule has 0 unspecified atom stereocenters. The van der Waals surface area contributed by atoms with Crippen LogP contribution in [0.5, 0.6) is 11.5 Å². The fraction of sp³-hybridized carbons (Fsp3) is 0.375. The molecule has 1 aliphatic heterocycles. The molecule has 8 heteroatoms. The number of benzene rings is 2. The van der Waals surface area contributed by atoms with Gasteiger partial charge in [0.1, 0.15) is 18.0 Å². The van der Waals surface area contributed by atoms with Crippen LogP contribution in [-0.4, -0.2) is 61.9 Å². The van der Waals surface area contributed by atoms with Crippen molar-refractivity contribution in [2.24, 2.45) is 5.10 Å². The monoisotopic (exact) mass is 438 g/mol. The molecule has 0 aliphatic carbocycles. The molecule has 0 aromatic heterocycles. The number of hydrogen-bond donors (Lipinski definition) is 1. The molecule has 3 amide bonds. The molecule has 3 rings (SSSR count). The van der Waals surface area contributed by atoms with Crippen molar-refractivity contribution >= 4 is 17.6 Å². The number of ether oxygens (including phenoxy) is 2. The van der Waals surface area contributed by atoms with Gasteiger partial charge in [0.25, 0.3) is 5.91 Å². The molecule has 1 N–H and O–H groups in total. The van der Waals surface area contributed by atoms with Crippen LogP contribution in [0.25, 0.3) is 0 Å². The molecule has 0 saturated carbocycles. The van der Waals surface area contributed by atoms with E-state index in [0.29, 0.717) is 13.0 Å². The Kier molecular flexibility index (Phi) is 7.70. The number of urea groups is 1. The van der Waals surface area contributed by atoms with E-state index < -0.39 is 0 Å². The first-order valence-electron chi connectivity index (χ1n) is 10.6. The second-order valence-electron chi connectivity index (χ2n) is 7.60. The first-order chi connectivity index (χ1) is 15.5. The van der Waals surface area contributed by atoms with E-state index in [2.05, 4.69) is 10.4 Å². The summed E-state index contributed by atoms with van der Waals surface area (Å²) >= 11 is 0. The number of likely N-dealkylation sites (N-methyl/N-ethyl adjacent to an activating group) is 1. The molecule has 0 bridgehead atoms. The van der Waals surface area contributed by atoms with E-state index in [1.165, 1.54) is 9.91 Å². The number of hydrazone groups is 1. The molecule has 0 radical (unpaired) electrons. The number of carbonyl (C=O) groups excluding carboxylic acids is 2. The van der Waals surface area contributed by atoms with Crippen molar-refractivity contribution < 1.29 is 19.1 Å². The molecule has 0 spiro atoms. The van der Waals surface area contributed by atoms with Crippen molar-refractivity contribution in [1.82, 2.24) is 15.2 Å². The molecule has 170 valence electrons. The Labute approximate surface area is 188 Å². The van der Waals surface area contributed by atoms with Crippen LogP contribution in [-0.2, 0) is 4.79 Å². The average Bonchev–Trinajstić information content (AvgIpc) is 3.28.